The Bertz CT molecular complexity index is 1570. The Kier molecular flexibility index (Phi) is 9.52. The molecule has 1 unspecified atom stereocenters. The first-order chi connectivity index (χ1) is 21.4. The van der Waals surface area contributed by atoms with Crippen LogP contribution >= 0.6 is 6.89 Å². The zero-order valence-electron chi connectivity index (χ0n) is 25.2. The first-order valence-corrected chi connectivity index (χ1v) is 17.2. The van der Waals surface area contributed by atoms with Crippen molar-refractivity contribution in [1.82, 2.24) is 5.32 Å². The second kappa shape index (κ2) is 13.5. The summed E-state index contributed by atoms with van der Waals surface area (Å²) in [7, 11) is 0. The van der Waals surface area contributed by atoms with Gasteiger partial charge in [-0.3, -0.25) is 4.79 Å². The topological polar surface area (TPSA) is 90.2 Å². The van der Waals surface area contributed by atoms with Crippen molar-refractivity contribution in [1.29, 1.82) is 5.26 Å². The number of amides is 1. The first-order valence-electron chi connectivity index (χ1n) is 15.4. The lowest BCUT2D eigenvalue weighted by Crippen LogP contribution is -2.69. The number of carbonyl (C=O) groups excluding carboxylic acids is 1. The minimum atomic E-state index is -3.06. The van der Waals surface area contributed by atoms with E-state index >= 15 is 4.79 Å². The van der Waals surface area contributed by atoms with E-state index in [1.54, 1.807) is 0 Å². The lowest BCUT2D eigenvalue weighted by molar-refractivity contribution is -0.129. The number of benzene rings is 4. The van der Waals surface area contributed by atoms with Crippen LogP contribution in [0.3, 0.4) is 0 Å². The zero-order valence-corrected chi connectivity index (χ0v) is 26.0. The van der Waals surface area contributed by atoms with Gasteiger partial charge in [0, 0.05) is 5.41 Å². The van der Waals surface area contributed by atoms with Crippen molar-refractivity contribution < 1.29 is 14.7 Å². The fraction of sp³-hybridized carbons (Fsp3) is 0.263. The van der Waals surface area contributed by atoms with Crippen molar-refractivity contribution in [2.24, 2.45) is 5.41 Å². The number of carbonyl (C=O) groups is 2. The van der Waals surface area contributed by atoms with E-state index in [1.807, 2.05) is 128 Å². The SMILES string of the molecule is CCCCC(NC(=O)O)(C(=O)C(C#N)=P(c1ccccc1)(c1ccccc1)c1ccccc1)C1(Cc2ccccc2)CCC1. The van der Waals surface area contributed by atoms with E-state index in [0.29, 0.717) is 32.1 Å². The molecule has 1 saturated carbocycles. The summed E-state index contributed by atoms with van der Waals surface area (Å²) >= 11 is 0. The monoisotopic (exact) mass is 602 g/mol. The highest BCUT2D eigenvalue weighted by Crippen LogP contribution is 2.56. The minimum absolute atomic E-state index is 0.130. The third kappa shape index (κ3) is 5.51. The number of nitrogens with one attached hydrogen (secondary N) is 1. The van der Waals surface area contributed by atoms with Crippen LogP contribution in [0.25, 0.3) is 0 Å². The summed E-state index contributed by atoms with van der Waals surface area (Å²) in [4.78, 5) is 28.4. The molecule has 0 radical (unpaired) electrons. The molecular formula is C38H39N2O3P. The van der Waals surface area contributed by atoms with Crippen molar-refractivity contribution in [3.8, 4) is 6.07 Å². The maximum absolute atomic E-state index is 15.7. The molecule has 0 spiro atoms. The molecule has 4 aromatic rings. The molecule has 1 aliphatic carbocycles. The smallest absolute Gasteiger partial charge is 0.405 e. The van der Waals surface area contributed by atoms with Crippen molar-refractivity contribution in [2.45, 2.75) is 57.4 Å². The van der Waals surface area contributed by atoms with Gasteiger partial charge in [-0.15, -0.1) is 0 Å². The summed E-state index contributed by atoms with van der Waals surface area (Å²) in [6, 6.07) is 41.9. The molecule has 5 rings (SSSR count). The van der Waals surface area contributed by atoms with E-state index in [2.05, 4.69) is 11.4 Å². The number of Topliss-reactive ketones (excluding diaryl/α,β-unsaturated/α-hetero) is 1. The van der Waals surface area contributed by atoms with Gasteiger partial charge in [0.15, 0.2) is 5.78 Å². The van der Waals surface area contributed by atoms with Gasteiger partial charge in [-0.05, 0) is 54.0 Å². The van der Waals surface area contributed by atoms with Crippen molar-refractivity contribution >= 4 is 40.0 Å². The Labute approximate surface area is 260 Å². The number of nitriles is 1. The quantitative estimate of drug-likeness (QED) is 0.174. The normalized spacial score (nSPS) is 15.2. The number of hydrogen-bond acceptors (Lipinski definition) is 3. The van der Waals surface area contributed by atoms with Gasteiger partial charge in [-0.2, -0.15) is 5.26 Å². The molecule has 2 N–H and O–H groups in total. The molecule has 6 heteroatoms. The van der Waals surface area contributed by atoms with Crippen molar-refractivity contribution in [3.63, 3.8) is 0 Å². The summed E-state index contributed by atoms with van der Waals surface area (Å²) in [6.45, 7) is -1.01. The number of rotatable bonds is 12. The van der Waals surface area contributed by atoms with Gasteiger partial charge in [0.05, 0.1) is 0 Å². The van der Waals surface area contributed by atoms with Crippen LogP contribution in [-0.2, 0) is 11.2 Å². The Morgan fingerprint density at radius 3 is 1.64 bits per heavy atom. The maximum atomic E-state index is 15.7. The molecule has 4 aromatic carbocycles. The average molecular weight is 603 g/mol. The molecule has 0 heterocycles. The minimum Gasteiger partial charge on any atom is -0.465 e. The molecule has 0 bridgehead atoms. The highest BCUT2D eigenvalue weighted by molar-refractivity contribution is 7.97. The molecule has 1 aliphatic rings. The van der Waals surface area contributed by atoms with Crippen LogP contribution in [0.1, 0.15) is 51.0 Å². The third-order valence-corrected chi connectivity index (χ3v) is 13.5. The number of carboxylic acid groups (broad SMARTS) is 1. The second-order valence-corrected chi connectivity index (χ2v) is 15.0. The molecule has 44 heavy (non-hydrogen) atoms. The van der Waals surface area contributed by atoms with E-state index in [9.17, 15) is 15.2 Å². The van der Waals surface area contributed by atoms with Gasteiger partial charge in [0.2, 0.25) is 0 Å². The first kappa shape index (κ1) is 31.0. The number of ketones is 1. The van der Waals surface area contributed by atoms with Crippen LogP contribution < -0.4 is 21.2 Å². The second-order valence-electron chi connectivity index (χ2n) is 11.7. The predicted octanol–water partition coefficient (Wildman–Crippen LogP) is 6.86. The maximum Gasteiger partial charge on any atom is 0.405 e. The van der Waals surface area contributed by atoms with Crippen LogP contribution in [0, 0.1) is 16.7 Å². The molecule has 1 atom stereocenters. The van der Waals surface area contributed by atoms with E-state index in [1.165, 1.54) is 0 Å². The number of nitrogens with zero attached hydrogens (tertiary/aromatic N) is 1. The van der Waals surface area contributed by atoms with Crippen LogP contribution in [0.15, 0.2) is 121 Å². The Hall–Kier alpha value is -4.39. The van der Waals surface area contributed by atoms with E-state index in [4.69, 9.17) is 0 Å². The molecule has 0 aromatic heterocycles. The zero-order chi connectivity index (χ0) is 31.0. The molecule has 224 valence electrons. The fourth-order valence-corrected chi connectivity index (χ4v) is 11.3. The van der Waals surface area contributed by atoms with E-state index < -0.39 is 29.7 Å². The number of unbranched alkanes of at least 4 members (excludes halogenated alkanes) is 1. The molecule has 0 aliphatic heterocycles. The third-order valence-electron chi connectivity index (χ3n) is 9.30. The summed E-state index contributed by atoms with van der Waals surface area (Å²) < 4.78 is 0. The Morgan fingerprint density at radius 2 is 1.27 bits per heavy atom. The summed E-state index contributed by atoms with van der Waals surface area (Å²) in [5.41, 5.74) is -1.08. The lowest BCUT2D eigenvalue weighted by Gasteiger charge is -2.55. The predicted molar refractivity (Wildman–Crippen MR) is 181 cm³/mol. The van der Waals surface area contributed by atoms with Gasteiger partial charge in [-0.1, -0.05) is 148 Å². The standard InChI is InChI=1S/C38H39N2O3P/c1-2-3-27-38(40-36(42)43,37(25-16-26-37)28-30-17-8-4-9-18-30)35(41)34(29-39)44(31-19-10-5-11-20-31,32-21-12-6-13-22-32)33-23-14-7-15-24-33/h4-15,17-24,40H,2-3,16,25-28H2,1H3,(H,42,43). The van der Waals surface area contributed by atoms with Gasteiger partial charge >= 0.3 is 6.09 Å². The molecule has 1 fully saturated rings. The fourth-order valence-electron chi connectivity index (χ4n) is 7.11. The molecule has 1 amide bonds. The largest absolute Gasteiger partial charge is 0.465 e. The summed E-state index contributed by atoms with van der Waals surface area (Å²) in [6.07, 6.45) is 3.36. The highest BCUT2D eigenvalue weighted by atomic mass is 31.2. The lowest BCUT2D eigenvalue weighted by atomic mass is 9.52. The van der Waals surface area contributed by atoms with Crippen LogP contribution in [0.5, 0.6) is 0 Å². The van der Waals surface area contributed by atoms with Gasteiger partial charge in [-0.25, -0.2) is 4.79 Å². The van der Waals surface area contributed by atoms with E-state index in [-0.39, 0.29) is 5.29 Å². The summed E-state index contributed by atoms with van der Waals surface area (Å²) in [5.74, 6) is -0.392. The van der Waals surface area contributed by atoms with Gasteiger partial charge in [0.25, 0.3) is 0 Å². The molecule has 5 nitrogen and oxygen atoms in total. The van der Waals surface area contributed by atoms with E-state index in [0.717, 1.165) is 34.3 Å². The summed E-state index contributed by atoms with van der Waals surface area (Å²) in [5, 5.41) is 27.3. The van der Waals surface area contributed by atoms with Crippen LogP contribution in [0.2, 0.25) is 0 Å². The van der Waals surface area contributed by atoms with Crippen LogP contribution in [0.4, 0.5) is 4.79 Å². The molecular weight excluding hydrogens is 563 g/mol. The number of hydrogen-bond donors (Lipinski definition) is 2. The van der Waals surface area contributed by atoms with Gasteiger partial charge < -0.3 is 10.4 Å². The Balaban J connectivity index is 1.91. The molecule has 0 saturated heterocycles. The Morgan fingerprint density at radius 1 is 0.818 bits per heavy atom. The van der Waals surface area contributed by atoms with Crippen molar-refractivity contribution in [3.05, 3.63) is 127 Å². The highest BCUT2D eigenvalue weighted by Gasteiger charge is 2.60. The van der Waals surface area contributed by atoms with Crippen molar-refractivity contribution in [2.75, 3.05) is 0 Å². The van der Waals surface area contributed by atoms with Gasteiger partial charge in [0.1, 0.15) is 16.9 Å². The average Bonchev–Trinajstić information content (AvgIpc) is 3.05. The van der Waals surface area contributed by atoms with Crippen LogP contribution in [-0.4, -0.2) is 27.8 Å².